The molecule has 5 heteroatoms. The second-order valence-corrected chi connectivity index (χ2v) is 7.31. The van der Waals surface area contributed by atoms with Crippen LogP contribution in [0.5, 0.6) is 0 Å². The Labute approximate surface area is 138 Å². The summed E-state index contributed by atoms with van der Waals surface area (Å²) < 4.78 is 24.4. The van der Waals surface area contributed by atoms with Gasteiger partial charge >= 0.3 is 7.60 Å². The summed E-state index contributed by atoms with van der Waals surface area (Å²) in [5.41, 5.74) is 2.90. The first kappa shape index (κ1) is 17.7. The van der Waals surface area contributed by atoms with Crippen molar-refractivity contribution in [3.05, 3.63) is 65.7 Å². The van der Waals surface area contributed by atoms with Gasteiger partial charge in [0.2, 0.25) is 0 Å². The van der Waals surface area contributed by atoms with Crippen LogP contribution in [0.3, 0.4) is 0 Å². The van der Waals surface area contributed by atoms with Gasteiger partial charge in [0.05, 0.1) is 13.2 Å². The Morgan fingerprint density at radius 3 is 2.04 bits per heavy atom. The molecular weight excluding hydrogens is 309 g/mol. The summed E-state index contributed by atoms with van der Waals surface area (Å²) in [5, 5.41) is 3.31. The second-order valence-electron chi connectivity index (χ2n) is 5.20. The molecule has 0 aliphatic rings. The molecule has 2 rings (SSSR count). The summed E-state index contributed by atoms with van der Waals surface area (Å²) in [6, 6.07) is 17.6. The summed E-state index contributed by atoms with van der Waals surface area (Å²) in [7, 11) is -3.34. The SMILES string of the molecule is CCOP(=O)(OCC)[C@H](Nc1ccccc1)c1ccc(C)cc1. The predicted molar refractivity (Wildman–Crippen MR) is 94.8 cm³/mol. The van der Waals surface area contributed by atoms with Gasteiger partial charge in [0.15, 0.2) is 5.78 Å². The number of nitrogens with one attached hydrogen (secondary N) is 1. The Kier molecular flexibility index (Phi) is 6.40. The molecule has 0 fully saturated rings. The maximum atomic E-state index is 13.3. The third-order valence-electron chi connectivity index (χ3n) is 3.40. The number of para-hydroxylation sites is 1. The topological polar surface area (TPSA) is 47.6 Å². The highest BCUT2D eigenvalue weighted by Gasteiger charge is 2.37. The minimum Gasteiger partial charge on any atom is -0.368 e. The van der Waals surface area contributed by atoms with Gasteiger partial charge in [-0.1, -0.05) is 48.0 Å². The van der Waals surface area contributed by atoms with Gasteiger partial charge in [0.25, 0.3) is 0 Å². The molecule has 0 aromatic heterocycles. The molecule has 0 aliphatic heterocycles. The molecule has 2 aromatic rings. The molecule has 0 bridgehead atoms. The van der Waals surface area contributed by atoms with E-state index in [1.807, 2.05) is 75.4 Å². The normalized spacial score (nSPS) is 12.8. The molecule has 0 unspecified atom stereocenters. The molecule has 0 aliphatic carbocycles. The van der Waals surface area contributed by atoms with E-state index in [4.69, 9.17) is 9.05 Å². The lowest BCUT2D eigenvalue weighted by atomic mass is 10.1. The average Bonchev–Trinajstić information content (AvgIpc) is 2.55. The fourth-order valence-electron chi connectivity index (χ4n) is 2.33. The monoisotopic (exact) mass is 333 g/mol. The Morgan fingerprint density at radius 2 is 1.52 bits per heavy atom. The van der Waals surface area contributed by atoms with Crippen molar-refractivity contribution < 1.29 is 13.6 Å². The standard InChI is InChI=1S/C18H24NO3P/c1-4-21-23(20,22-5-2)18(16-13-11-15(3)12-14-16)19-17-9-7-6-8-10-17/h6-14,18-19H,4-5H2,1-3H3/t18-/m0/s1. The van der Waals surface area contributed by atoms with Crippen LogP contribution in [0.2, 0.25) is 0 Å². The van der Waals surface area contributed by atoms with E-state index in [9.17, 15) is 4.57 Å². The first-order valence-electron chi connectivity index (χ1n) is 7.86. The third-order valence-corrected chi connectivity index (χ3v) is 5.70. The zero-order valence-electron chi connectivity index (χ0n) is 13.9. The molecule has 0 radical (unpaired) electrons. The molecular formula is C18H24NO3P. The molecule has 0 saturated carbocycles. The van der Waals surface area contributed by atoms with Crippen LogP contribution in [0, 0.1) is 6.92 Å². The Bertz CT molecular complexity index is 633. The van der Waals surface area contributed by atoms with Crippen LogP contribution in [0.4, 0.5) is 5.69 Å². The quantitative estimate of drug-likeness (QED) is 0.660. The van der Waals surface area contributed by atoms with Crippen LogP contribution in [0.15, 0.2) is 54.6 Å². The van der Waals surface area contributed by atoms with Gasteiger partial charge in [0.1, 0.15) is 0 Å². The fraction of sp³-hybridized carbons (Fsp3) is 0.333. The number of rotatable bonds is 8. The van der Waals surface area contributed by atoms with Crippen molar-refractivity contribution in [1.29, 1.82) is 0 Å². The maximum absolute atomic E-state index is 13.3. The number of benzene rings is 2. The maximum Gasteiger partial charge on any atom is 0.357 e. The van der Waals surface area contributed by atoms with E-state index in [0.717, 1.165) is 16.8 Å². The van der Waals surface area contributed by atoms with Crippen molar-refractivity contribution >= 4 is 13.3 Å². The van der Waals surface area contributed by atoms with Crippen LogP contribution in [0.25, 0.3) is 0 Å². The summed E-state index contributed by atoms with van der Waals surface area (Å²) >= 11 is 0. The second kappa shape index (κ2) is 8.30. The van der Waals surface area contributed by atoms with Gasteiger partial charge in [-0.15, -0.1) is 0 Å². The lowest BCUT2D eigenvalue weighted by Crippen LogP contribution is -2.15. The smallest absolute Gasteiger partial charge is 0.357 e. The number of anilines is 1. The summed E-state index contributed by atoms with van der Waals surface area (Å²) in [4.78, 5) is 0. The number of aryl methyl sites for hydroxylation is 1. The minimum absolute atomic E-state index is 0.329. The largest absolute Gasteiger partial charge is 0.368 e. The first-order valence-corrected chi connectivity index (χ1v) is 9.47. The highest BCUT2D eigenvalue weighted by atomic mass is 31.2. The van der Waals surface area contributed by atoms with E-state index >= 15 is 0 Å². The molecule has 0 saturated heterocycles. The molecule has 124 valence electrons. The van der Waals surface area contributed by atoms with Gasteiger partial charge in [-0.25, -0.2) is 0 Å². The van der Waals surface area contributed by atoms with Crippen molar-refractivity contribution in [1.82, 2.24) is 0 Å². The van der Waals surface area contributed by atoms with Gasteiger partial charge in [-0.3, -0.25) is 4.57 Å². The van der Waals surface area contributed by atoms with Crippen molar-refractivity contribution in [3.8, 4) is 0 Å². The first-order chi connectivity index (χ1) is 11.1. The van der Waals surface area contributed by atoms with E-state index in [2.05, 4.69) is 5.32 Å². The zero-order chi connectivity index (χ0) is 16.7. The molecule has 1 atom stereocenters. The summed E-state index contributed by atoms with van der Waals surface area (Å²) in [6.45, 7) is 6.32. The highest BCUT2D eigenvalue weighted by Crippen LogP contribution is 2.60. The van der Waals surface area contributed by atoms with Crippen molar-refractivity contribution in [3.63, 3.8) is 0 Å². The van der Waals surface area contributed by atoms with E-state index in [1.54, 1.807) is 0 Å². The van der Waals surface area contributed by atoms with Gasteiger partial charge in [0, 0.05) is 5.69 Å². The molecule has 4 nitrogen and oxygen atoms in total. The lowest BCUT2D eigenvalue weighted by Gasteiger charge is -2.28. The molecule has 0 heterocycles. The molecule has 1 N–H and O–H groups in total. The van der Waals surface area contributed by atoms with Crippen molar-refractivity contribution in [2.75, 3.05) is 18.5 Å². The Hall–Kier alpha value is -1.61. The van der Waals surface area contributed by atoms with E-state index in [1.165, 1.54) is 0 Å². The van der Waals surface area contributed by atoms with Crippen LogP contribution in [-0.2, 0) is 13.6 Å². The molecule has 0 spiro atoms. The minimum atomic E-state index is -3.34. The van der Waals surface area contributed by atoms with Crippen LogP contribution in [0.1, 0.15) is 30.8 Å². The predicted octanol–water partition coefficient (Wildman–Crippen LogP) is 5.37. The average molecular weight is 333 g/mol. The molecule has 2 aromatic carbocycles. The van der Waals surface area contributed by atoms with Gasteiger partial charge in [-0.2, -0.15) is 0 Å². The van der Waals surface area contributed by atoms with E-state index in [-0.39, 0.29) is 0 Å². The zero-order valence-corrected chi connectivity index (χ0v) is 14.8. The third kappa shape index (κ3) is 4.68. The van der Waals surface area contributed by atoms with E-state index in [0.29, 0.717) is 13.2 Å². The van der Waals surface area contributed by atoms with Crippen LogP contribution in [-0.4, -0.2) is 13.2 Å². The molecule has 23 heavy (non-hydrogen) atoms. The van der Waals surface area contributed by atoms with Gasteiger partial charge in [-0.05, 0) is 38.5 Å². The number of hydrogen-bond acceptors (Lipinski definition) is 4. The summed E-state index contributed by atoms with van der Waals surface area (Å²) in [6.07, 6.45) is 0. The summed E-state index contributed by atoms with van der Waals surface area (Å²) in [5.74, 6) is -0.551. The molecule has 0 amide bonds. The fourth-order valence-corrected chi connectivity index (χ4v) is 4.27. The highest BCUT2D eigenvalue weighted by molar-refractivity contribution is 7.54. The van der Waals surface area contributed by atoms with Crippen molar-refractivity contribution in [2.45, 2.75) is 26.6 Å². The van der Waals surface area contributed by atoms with E-state index < -0.39 is 13.4 Å². The van der Waals surface area contributed by atoms with Gasteiger partial charge < -0.3 is 14.4 Å². The Balaban J connectivity index is 2.40. The van der Waals surface area contributed by atoms with Crippen LogP contribution >= 0.6 is 7.60 Å². The van der Waals surface area contributed by atoms with Crippen LogP contribution < -0.4 is 5.32 Å². The number of hydrogen-bond donors (Lipinski definition) is 1. The lowest BCUT2D eigenvalue weighted by molar-refractivity contribution is 0.214. The Morgan fingerprint density at radius 1 is 0.957 bits per heavy atom. The van der Waals surface area contributed by atoms with Crippen molar-refractivity contribution in [2.24, 2.45) is 0 Å².